The number of hydrogen-bond acceptors (Lipinski definition) is 3. The summed E-state index contributed by atoms with van der Waals surface area (Å²) in [4.78, 5) is 10.4. The van der Waals surface area contributed by atoms with E-state index in [4.69, 9.17) is 0 Å². The normalized spacial score (nSPS) is 8.55. The van der Waals surface area contributed by atoms with Crippen LogP contribution in [-0.4, -0.2) is 31.3 Å². The lowest BCUT2D eigenvalue weighted by molar-refractivity contribution is -0.118. The van der Waals surface area contributed by atoms with Gasteiger partial charge >= 0.3 is 0 Å². The molecule has 0 aromatic heterocycles. The summed E-state index contributed by atoms with van der Waals surface area (Å²) in [6, 6.07) is 0. The van der Waals surface area contributed by atoms with Crippen LogP contribution in [-0.2, 0) is 9.53 Å². The van der Waals surface area contributed by atoms with Crippen LogP contribution in [0.4, 0.5) is 0 Å². The van der Waals surface area contributed by atoms with Gasteiger partial charge in [-0.05, 0) is 12.2 Å². The quantitative estimate of drug-likeness (QED) is 0.455. The minimum absolute atomic E-state index is 0.0462. The van der Waals surface area contributed by atoms with Crippen LogP contribution in [0.15, 0.2) is 0 Å². The van der Waals surface area contributed by atoms with Gasteiger partial charge in [0.05, 0.1) is 7.11 Å². The van der Waals surface area contributed by atoms with Gasteiger partial charge in [0.2, 0.25) is 5.91 Å². The first-order chi connectivity index (χ1) is 5.16. The average molecular weight is 176 g/mol. The molecular formula is C6H12N2O2S. The van der Waals surface area contributed by atoms with Crippen molar-refractivity contribution in [2.45, 2.75) is 6.92 Å². The van der Waals surface area contributed by atoms with E-state index < -0.39 is 0 Å². The van der Waals surface area contributed by atoms with E-state index in [0.717, 1.165) is 0 Å². The summed E-state index contributed by atoms with van der Waals surface area (Å²) < 4.78 is 4.66. The predicted molar refractivity (Wildman–Crippen MR) is 46.3 cm³/mol. The molecule has 0 rings (SSSR count). The van der Waals surface area contributed by atoms with E-state index in [-0.39, 0.29) is 5.91 Å². The van der Waals surface area contributed by atoms with Gasteiger partial charge in [0.15, 0.2) is 0 Å². The van der Waals surface area contributed by atoms with Crippen molar-refractivity contribution in [2.24, 2.45) is 0 Å². The fourth-order valence-electron chi connectivity index (χ4n) is 0.475. The molecule has 11 heavy (non-hydrogen) atoms. The number of ether oxygens (including phenoxy) is 1. The number of hydrogen-bond donors (Lipinski definition) is 2. The minimum Gasteiger partial charge on any atom is -0.474 e. The first-order valence-corrected chi connectivity index (χ1v) is 3.64. The lowest BCUT2D eigenvalue weighted by Gasteiger charge is -2.05. The predicted octanol–water partition coefficient (Wildman–Crippen LogP) is -0.357. The zero-order valence-electron chi connectivity index (χ0n) is 6.64. The van der Waals surface area contributed by atoms with Gasteiger partial charge in [-0.3, -0.25) is 4.79 Å². The lowest BCUT2D eigenvalue weighted by atomic mass is 10.6. The molecule has 0 fully saturated rings. The van der Waals surface area contributed by atoms with E-state index in [2.05, 4.69) is 27.6 Å². The maximum absolute atomic E-state index is 10.4. The van der Waals surface area contributed by atoms with Crippen LogP contribution in [0.3, 0.4) is 0 Å². The third kappa shape index (κ3) is 7.05. The smallest absolute Gasteiger partial charge is 0.256 e. The zero-order valence-corrected chi connectivity index (χ0v) is 7.46. The van der Waals surface area contributed by atoms with E-state index in [9.17, 15) is 4.79 Å². The van der Waals surface area contributed by atoms with Crippen LogP contribution in [0.5, 0.6) is 0 Å². The molecule has 1 amide bonds. The standard InChI is InChI=1S/C6H12N2O2S/c1-5(9)7-3-4-8-6(11)10-2/h3-4H2,1-2H3,(H,7,9)(H,8,11). The van der Waals surface area contributed by atoms with Crippen molar-refractivity contribution in [3.05, 3.63) is 0 Å². The molecule has 0 heterocycles. The number of thiocarbonyl (C=S) groups is 1. The van der Waals surface area contributed by atoms with E-state index >= 15 is 0 Å². The summed E-state index contributed by atoms with van der Waals surface area (Å²) in [6.45, 7) is 2.61. The molecule has 0 spiro atoms. The molecule has 0 aromatic carbocycles. The maximum Gasteiger partial charge on any atom is 0.256 e. The van der Waals surface area contributed by atoms with Crippen LogP contribution in [0.2, 0.25) is 0 Å². The summed E-state index contributed by atoms with van der Waals surface area (Å²) in [5.74, 6) is -0.0462. The Balaban J connectivity index is 3.14. The lowest BCUT2D eigenvalue weighted by Crippen LogP contribution is -2.33. The van der Waals surface area contributed by atoms with Gasteiger partial charge in [0.1, 0.15) is 0 Å². The molecule has 64 valence electrons. The Labute approximate surface area is 71.3 Å². The van der Waals surface area contributed by atoms with Crippen molar-refractivity contribution in [3.8, 4) is 0 Å². The summed E-state index contributed by atoms with van der Waals surface area (Å²) in [7, 11) is 1.49. The molecule has 0 aliphatic heterocycles. The largest absolute Gasteiger partial charge is 0.474 e. The second-order valence-corrected chi connectivity index (χ2v) is 2.27. The van der Waals surface area contributed by atoms with E-state index in [0.29, 0.717) is 18.3 Å². The number of rotatable bonds is 3. The van der Waals surface area contributed by atoms with E-state index in [1.807, 2.05) is 0 Å². The first-order valence-electron chi connectivity index (χ1n) is 3.23. The number of carbonyl (C=O) groups excluding carboxylic acids is 1. The first kappa shape index (κ1) is 10.2. The Kier molecular flexibility index (Phi) is 5.46. The fraction of sp³-hybridized carbons (Fsp3) is 0.667. The van der Waals surface area contributed by atoms with Crippen molar-refractivity contribution in [1.82, 2.24) is 10.6 Å². The van der Waals surface area contributed by atoms with Crippen molar-refractivity contribution in [1.29, 1.82) is 0 Å². The summed E-state index contributed by atoms with van der Waals surface area (Å²) in [5.41, 5.74) is 0. The van der Waals surface area contributed by atoms with E-state index in [1.165, 1.54) is 14.0 Å². The number of nitrogens with one attached hydrogen (secondary N) is 2. The topological polar surface area (TPSA) is 50.4 Å². The summed E-state index contributed by atoms with van der Waals surface area (Å²) in [5, 5.41) is 5.73. The molecule has 0 saturated heterocycles. The Morgan fingerprint density at radius 1 is 1.45 bits per heavy atom. The molecule has 4 nitrogen and oxygen atoms in total. The third-order valence-corrected chi connectivity index (χ3v) is 1.26. The number of amides is 1. The van der Waals surface area contributed by atoms with Crippen LogP contribution in [0.1, 0.15) is 6.92 Å². The van der Waals surface area contributed by atoms with Gasteiger partial charge < -0.3 is 15.4 Å². The molecule has 0 saturated carbocycles. The van der Waals surface area contributed by atoms with Gasteiger partial charge in [-0.1, -0.05) is 0 Å². The van der Waals surface area contributed by atoms with Crippen LogP contribution < -0.4 is 10.6 Å². The van der Waals surface area contributed by atoms with E-state index in [1.54, 1.807) is 0 Å². The number of methoxy groups -OCH3 is 1. The molecular weight excluding hydrogens is 164 g/mol. The van der Waals surface area contributed by atoms with Crippen molar-refractivity contribution >= 4 is 23.3 Å². The van der Waals surface area contributed by atoms with Gasteiger partial charge in [-0.15, -0.1) is 0 Å². The molecule has 0 bridgehead atoms. The molecule has 0 unspecified atom stereocenters. The average Bonchev–Trinajstić information content (AvgIpc) is 1.97. The second kappa shape index (κ2) is 5.91. The molecule has 0 aliphatic rings. The molecule has 2 N–H and O–H groups in total. The second-order valence-electron chi connectivity index (χ2n) is 1.90. The highest BCUT2D eigenvalue weighted by Gasteiger charge is 1.92. The fourth-order valence-corrected chi connectivity index (χ4v) is 0.577. The highest BCUT2D eigenvalue weighted by Crippen LogP contribution is 1.70. The Bertz CT molecular complexity index is 150. The van der Waals surface area contributed by atoms with Crippen molar-refractivity contribution in [3.63, 3.8) is 0 Å². The molecule has 0 aliphatic carbocycles. The molecule has 0 radical (unpaired) electrons. The Hall–Kier alpha value is -0.840. The summed E-state index contributed by atoms with van der Waals surface area (Å²) >= 11 is 4.69. The highest BCUT2D eigenvalue weighted by molar-refractivity contribution is 7.80. The third-order valence-electron chi connectivity index (χ3n) is 0.954. The van der Waals surface area contributed by atoms with Gasteiger partial charge in [0.25, 0.3) is 5.17 Å². The summed E-state index contributed by atoms with van der Waals surface area (Å²) in [6.07, 6.45) is 0. The number of carbonyl (C=O) groups is 1. The molecule has 5 heteroatoms. The molecule has 0 atom stereocenters. The van der Waals surface area contributed by atoms with Crippen molar-refractivity contribution in [2.75, 3.05) is 20.2 Å². The SMILES string of the molecule is COC(=S)NCCNC(C)=O. The van der Waals surface area contributed by atoms with Crippen LogP contribution in [0, 0.1) is 0 Å². The zero-order chi connectivity index (χ0) is 8.69. The Morgan fingerprint density at radius 2 is 2.00 bits per heavy atom. The monoisotopic (exact) mass is 176 g/mol. The maximum atomic E-state index is 10.4. The van der Waals surface area contributed by atoms with Gasteiger partial charge in [-0.2, -0.15) is 0 Å². The highest BCUT2D eigenvalue weighted by atomic mass is 32.1. The van der Waals surface area contributed by atoms with Gasteiger partial charge in [-0.25, -0.2) is 0 Å². The molecule has 0 aromatic rings. The minimum atomic E-state index is -0.0462. The Morgan fingerprint density at radius 3 is 2.45 bits per heavy atom. The van der Waals surface area contributed by atoms with Crippen molar-refractivity contribution < 1.29 is 9.53 Å². The van der Waals surface area contributed by atoms with Crippen LogP contribution in [0.25, 0.3) is 0 Å². The van der Waals surface area contributed by atoms with Gasteiger partial charge in [0, 0.05) is 20.0 Å². The van der Waals surface area contributed by atoms with Crippen LogP contribution >= 0.6 is 12.2 Å².